The molecule has 1 fully saturated rings. The van der Waals surface area contributed by atoms with Crippen LogP contribution >= 0.6 is 0 Å². The Bertz CT molecular complexity index is 542. The summed E-state index contributed by atoms with van der Waals surface area (Å²) in [5, 5.41) is 0. The molecule has 120 valence electrons. The minimum Gasteiger partial charge on any atom is -0.342 e. The van der Waals surface area contributed by atoms with Gasteiger partial charge in [0.25, 0.3) is 0 Å². The van der Waals surface area contributed by atoms with Crippen LogP contribution in [0.1, 0.15) is 50.8 Å². The van der Waals surface area contributed by atoms with Crippen LogP contribution in [0.2, 0.25) is 0 Å². The zero-order valence-electron chi connectivity index (χ0n) is 13.7. The first kappa shape index (κ1) is 15.5. The molecule has 1 saturated heterocycles. The molecule has 1 amide bonds. The molecule has 0 bridgehead atoms. The van der Waals surface area contributed by atoms with Crippen LogP contribution in [0.4, 0.5) is 0 Å². The van der Waals surface area contributed by atoms with Gasteiger partial charge in [0.1, 0.15) is 12.7 Å². The highest BCUT2D eigenvalue weighted by atomic mass is 17.2. The molecule has 4 nitrogen and oxygen atoms in total. The van der Waals surface area contributed by atoms with Gasteiger partial charge in [0, 0.05) is 18.5 Å². The maximum absolute atomic E-state index is 12.4. The Morgan fingerprint density at radius 2 is 1.86 bits per heavy atom. The molecule has 22 heavy (non-hydrogen) atoms. The van der Waals surface area contributed by atoms with Gasteiger partial charge in [-0.3, -0.25) is 4.79 Å². The largest absolute Gasteiger partial charge is 0.342 e. The second-order valence-electron chi connectivity index (χ2n) is 7.36. The Morgan fingerprint density at radius 3 is 2.55 bits per heavy atom. The molecular formula is C18H25NO3. The van der Waals surface area contributed by atoms with Gasteiger partial charge in [-0.2, -0.15) is 0 Å². The van der Waals surface area contributed by atoms with Crippen LogP contribution in [0.25, 0.3) is 0 Å². The monoisotopic (exact) mass is 303 g/mol. The van der Waals surface area contributed by atoms with Gasteiger partial charge in [0.2, 0.25) is 5.91 Å². The van der Waals surface area contributed by atoms with Crippen molar-refractivity contribution in [2.75, 3.05) is 13.1 Å². The Kier molecular flexibility index (Phi) is 4.24. The molecule has 3 rings (SSSR count). The third-order valence-corrected chi connectivity index (χ3v) is 4.64. The van der Waals surface area contributed by atoms with E-state index >= 15 is 0 Å². The van der Waals surface area contributed by atoms with Crippen LogP contribution in [0.15, 0.2) is 24.3 Å². The fourth-order valence-electron chi connectivity index (χ4n) is 3.38. The van der Waals surface area contributed by atoms with E-state index in [0.717, 1.165) is 25.9 Å². The zero-order valence-corrected chi connectivity index (χ0v) is 13.7. The molecular weight excluding hydrogens is 278 g/mol. The van der Waals surface area contributed by atoms with E-state index in [1.807, 2.05) is 31.7 Å². The molecule has 1 atom stereocenters. The second kappa shape index (κ2) is 6.01. The van der Waals surface area contributed by atoms with Crippen LogP contribution in [0.3, 0.4) is 0 Å². The number of fused-ring (bicyclic) bond motifs is 1. The molecule has 2 aliphatic heterocycles. The second-order valence-corrected chi connectivity index (χ2v) is 7.36. The predicted octanol–water partition coefficient (Wildman–Crippen LogP) is 3.47. The van der Waals surface area contributed by atoms with E-state index in [4.69, 9.17) is 9.78 Å². The van der Waals surface area contributed by atoms with Crippen molar-refractivity contribution < 1.29 is 14.6 Å². The van der Waals surface area contributed by atoms with Crippen molar-refractivity contribution in [2.45, 2.75) is 46.3 Å². The van der Waals surface area contributed by atoms with E-state index in [9.17, 15) is 4.79 Å². The fourth-order valence-corrected chi connectivity index (χ4v) is 3.38. The van der Waals surface area contributed by atoms with Crippen molar-refractivity contribution in [3.63, 3.8) is 0 Å². The molecule has 0 N–H and O–H groups in total. The number of amides is 1. The smallest absolute Gasteiger partial charge is 0.227 e. The highest BCUT2D eigenvalue weighted by Gasteiger charge is 2.35. The van der Waals surface area contributed by atoms with E-state index in [1.54, 1.807) is 0 Å². The average molecular weight is 303 g/mol. The summed E-state index contributed by atoms with van der Waals surface area (Å²) in [4.78, 5) is 25.3. The summed E-state index contributed by atoms with van der Waals surface area (Å²) < 4.78 is 0. The minimum atomic E-state index is -0.302. The number of rotatable bonds is 1. The first-order valence-corrected chi connectivity index (χ1v) is 8.12. The van der Waals surface area contributed by atoms with Gasteiger partial charge in [0.05, 0.1) is 0 Å². The minimum absolute atomic E-state index is 0.00293. The van der Waals surface area contributed by atoms with Gasteiger partial charge in [-0.25, -0.2) is 9.78 Å². The lowest BCUT2D eigenvalue weighted by molar-refractivity contribution is -0.356. The van der Waals surface area contributed by atoms with Crippen molar-refractivity contribution in [2.24, 2.45) is 11.3 Å². The van der Waals surface area contributed by atoms with Gasteiger partial charge in [0.15, 0.2) is 0 Å². The summed E-state index contributed by atoms with van der Waals surface area (Å²) in [7, 11) is 0. The summed E-state index contributed by atoms with van der Waals surface area (Å²) in [6.45, 7) is 8.08. The van der Waals surface area contributed by atoms with Crippen molar-refractivity contribution in [3.8, 4) is 0 Å². The summed E-state index contributed by atoms with van der Waals surface area (Å²) in [6, 6.07) is 8.33. The molecule has 2 aliphatic rings. The SMILES string of the molecule is CC(C)(C)C(=O)N1CCC(C2OOCc3ccccc32)CC1. The first-order chi connectivity index (χ1) is 10.5. The van der Waals surface area contributed by atoms with E-state index in [0.29, 0.717) is 12.5 Å². The third-order valence-electron chi connectivity index (χ3n) is 4.64. The number of benzene rings is 1. The number of hydrogen-bond acceptors (Lipinski definition) is 3. The van der Waals surface area contributed by atoms with E-state index < -0.39 is 0 Å². The highest BCUT2D eigenvalue weighted by molar-refractivity contribution is 5.81. The van der Waals surface area contributed by atoms with Gasteiger partial charge in [-0.15, -0.1) is 0 Å². The Labute approximate surface area is 132 Å². The number of hydrogen-bond donors (Lipinski definition) is 0. The number of piperidine rings is 1. The summed E-state index contributed by atoms with van der Waals surface area (Å²) in [5.74, 6) is 0.651. The van der Waals surface area contributed by atoms with E-state index in [-0.39, 0.29) is 17.4 Å². The van der Waals surface area contributed by atoms with Crippen molar-refractivity contribution in [1.29, 1.82) is 0 Å². The lowest BCUT2D eigenvalue weighted by Crippen LogP contribution is -2.45. The predicted molar refractivity (Wildman–Crippen MR) is 83.8 cm³/mol. The number of carbonyl (C=O) groups excluding carboxylic acids is 1. The van der Waals surface area contributed by atoms with Crippen LogP contribution in [-0.4, -0.2) is 23.9 Å². The summed E-state index contributed by atoms with van der Waals surface area (Å²) >= 11 is 0. The number of carbonyl (C=O) groups is 1. The molecule has 0 aliphatic carbocycles. The quantitative estimate of drug-likeness (QED) is 0.746. The standard InChI is InChI=1S/C18H25NO3/c1-18(2,3)17(20)19-10-8-13(9-11-19)16-15-7-5-4-6-14(15)12-21-22-16/h4-7,13,16H,8-12H2,1-3H3. The molecule has 1 unspecified atom stereocenters. The molecule has 1 aromatic carbocycles. The van der Waals surface area contributed by atoms with Crippen molar-refractivity contribution in [1.82, 2.24) is 4.90 Å². The van der Waals surface area contributed by atoms with Gasteiger partial charge >= 0.3 is 0 Å². The molecule has 0 radical (unpaired) electrons. The third kappa shape index (κ3) is 3.03. The summed E-state index contributed by atoms with van der Waals surface area (Å²) in [5.41, 5.74) is 2.16. The fraction of sp³-hybridized carbons (Fsp3) is 0.611. The Hall–Kier alpha value is -1.39. The van der Waals surface area contributed by atoms with Crippen LogP contribution in [0.5, 0.6) is 0 Å². The lowest BCUT2D eigenvalue weighted by Gasteiger charge is -2.39. The zero-order chi connectivity index (χ0) is 15.7. The van der Waals surface area contributed by atoms with Crippen molar-refractivity contribution in [3.05, 3.63) is 35.4 Å². The number of likely N-dealkylation sites (tertiary alicyclic amines) is 1. The van der Waals surface area contributed by atoms with Gasteiger partial charge in [-0.1, -0.05) is 45.0 Å². The molecule has 1 aromatic rings. The Balaban J connectivity index is 1.67. The number of nitrogens with zero attached hydrogens (tertiary/aromatic N) is 1. The van der Waals surface area contributed by atoms with Gasteiger partial charge in [-0.05, 0) is 29.9 Å². The van der Waals surface area contributed by atoms with Gasteiger partial charge < -0.3 is 4.90 Å². The molecule has 0 aromatic heterocycles. The van der Waals surface area contributed by atoms with Crippen LogP contribution in [-0.2, 0) is 21.2 Å². The molecule has 0 saturated carbocycles. The molecule has 4 heteroatoms. The van der Waals surface area contributed by atoms with Crippen LogP contribution in [0, 0.1) is 11.3 Å². The van der Waals surface area contributed by atoms with E-state index in [2.05, 4.69) is 18.2 Å². The average Bonchev–Trinajstić information content (AvgIpc) is 2.53. The van der Waals surface area contributed by atoms with Crippen molar-refractivity contribution >= 4 is 5.91 Å². The maximum atomic E-state index is 12.4. The lowest BCUT2D eigenvalue weighted by atomic mass is 9.84. The topological polar surface area (TPSA) is 38.8 Å². The maximum Gasteiger partial charge on any atom is 0.227 e. The van der Waals surface area contributed by atoms with Crippen LogP contribution < -0.4 is 0 Å². The molecule has 2 heterocycles. The Morgan fingerprint density at radius 1 is 1.18 bits per heavy atom. The normalized spacial score (nSPS) is 23.2. The molecule has 0 spiro atoms. The summed E-state index contributed by atoms with van der Waals surface area (Å²) in [6.07, 6.45) is 1.92. The first-order valence-electron chi connectivity index (χ1n) is 8.12. The highest BCUT2D eigenvalue weighted by Crippen LogP contribution is 2.38. The van der Waals surface area contributed by atoms with E-state index in [1.165, 1.54) is 11.1 Å².